The average Bonchev–Trinajstić information content (AvgIpc) is 2.97. The molecular formula is C36H75NO4. The summed E-state index contributed by atoms with van der Waals surface area (Å²) in [6.45, 7) is 4.19. The molecule has 1 amide bonds. The van der Waals surface area contributed by atoms with Crippen molar-refractivity contribution in [3.63, 3.8) is 0 Å². The first kappa shape index (κ1) is 42.5. The molecule has 0 heterocycles. The van der Waals surface area contributed by atoms with E-state index in [0.29, 0.717) is 12.8 Å². The van der Waals surface area contributed by atoms with Crippen molar-refractivity contribution in [3.8, 4) is 0 Å². The van der Waals surface area contributed by atoms with Crippen LogP contribution in [0.5, 0.6) is 0 Å². The van der Waals surface area contributed by atoms with Gasteiger partial charge in [-0.25, -0.2) is 0 Å². The van der Waals surface area contributed by atoms with Gasteiger partial charge in [0.15, 0.2) is 0 Å². The smallest absolute Gasteiger partial charge is 0.217 e. The normalized spacial score (nSPS) is 12.6. The van der Waals surface area contributed by atoms with Gasteiger partial charge >= 0.3 is 0 Å². The Bertz CT molecular complexity index is 488. The molecule has 0 bridgehead atoms. The predicted octanol–water partition coefficient (Wildman–Crippen LogP) is 9.92. The van der Waals surface area contributed by atoms with Gasteiger partial charge in [0.05, 0.1) is 12.7 Å². The maximum Gasteiger partial charge on any atom is 0.217 e. The highest BCUT2D eigenvalue weighted by Gasteiger charge is 2.13. The standard InChI is InChI=1S/C18H37NO.C18H38O3/c1-2-3-4-5-6-7-8-9-10-11-12-13-14-15-16-17-18(19)20;1-2-3-4-5-6-7-8-9-10-11-12-13-14-15-17(20)18(21)16-19/h2-17H2,1H3,(H2,19,20);17-21H,2-16H2,1H3. The fourth-order valence-electron chi connectivity index (χ4n) is 5.36. The van der Waals surface area contributed by atoms with Gasteiger partial charge in [-0.2, -0.15) is 0 Å². The van der Waals surface area contributed by atoms with Gasteiger partial charge in [0.25, 0.3) is 0 Å². The van der Waals surface area contributed by atoms with Crippen molar-refractivity contribution in [3.05, 3.63) is 0 Å². The second kappa shape index (κ2) is 37.4. The number of aliphatic hydroxyl groups is 3. The molecule has 41 heavy (non-hydrogen) atoms. The topological polar surface area (TPSA) is 104 Å². The molecule has 0 saturated carbocycles. The predicted molar refractivity (Wildman–Crippen MR) is 178 cm³/mol. The molecular weight excluding hydrogens is 510 g/mol. The van der Waals surface area contributed by atoms with Crippen LogP contribution in [0, 0.1) is 0 Å². The van der Waals surface area contributed by atoms with Gasteiger partial charge in [-0.1, -0.05) is 187 Å². The van der Waals surface area contributed by atoms with Gasteiger partial charge in [0, 0.05) is 6.42 Å². The molecule has 2 unspecified atom stereocenters. The molecule has 0 aliphatic carbocycles. The summed E-state index contributed by atoms with van der Waals surface area (Å²) in [6, 6.07) is 0. The zero-order valence-corrected chi connectivity index (χ0v) is 27.9. The first-order chi connectivity index (χ1) is 20.0. The Morgan fingerprint density at radius 1 is 0.463 bits per heavy atom. The van der Waals surface area contributed by atoms with Gasteiger partial charge in [-0.05, 0) is 12.8 Å². The molecule has 5 nitrogen and oxygen atoms in total. The maximum atomic E-state index is 10.6. The zero-order chi connectivity index (χ0) is 30.7. The molecule has 2 atom stereocenters. The minimum absolute atomic E-state index is 0.153. The highest BCUT2D eigenvalue weighted by Crippen LogP contribution is 2.15. The molecule has 0 saturated heterocycles. The van der Waals surface area contributed by atoms with E-state index in [4.69, 9.17) is 10.8 Å². The third kappa shape index (κ3) is 39.4. The van der Waals surface area contributed by atoms with E-state index in [1.165, 1.54) is 161 Å². The summed E-state index contributed by atoms with van der Waals surface area (Å²) in [5, 5.41) is 27.4. The zero-order valence-electron chi connectivity index (χ0n) is 27.9. The summed E-state index contributed by atoms with van der Waals surface area (Å²) in [7, 11) is 0. The Hall–Kier alpha value is -0.650. The van der Waals surface area contributed by atoms with Crippen molar-refractivity contribution >= 4 is 5.91 Å². The molecule has 5 N–H and O–H groups in total. The van der Waals surface area contributed by atoms with E-state index < -0.39 is 12.2 Å². The lowest BCUT2D eigenvalue weighted by Gasteiger charge is -2.14. The lowest BCUT2D eigenvalue weighted by molar-refractivity contribution is -0.118. The van der Waals surface area contributed by atoms with Crippen LogP contribution in [0.1, 0.15) is 206 Å². The quantitative estimate of drug-likeness (QED) is 0.0590. The van der Waals surface area contributed by atoms with Crippen LogP contribution in [0.3, 0.4) is 0 Å². The lowest BCUT2D eigenvalue weighted by Crippen LogP contribution is -2.28. The van der Waals surface area contributed by atoms with Crippen LogP contribution in [0.2, 0.25) is 0 Å². The van der Waals surface area contributed by atoms with Crippen LogP contribution < -0.4 is 5.73 Å². The summed E-state index contributed by atoms with van der Waals surface area (Å²) >= 11 is 0. The number of hydrogen-bond acceptors (Lipinski definition) is 4. The van der Waals surface area contributed by atoms with Gasteiger partial charge in [0.2, 0.25) is 5.91 Å². The van der Waals surface area contributed by atoms with Gasteiger partial charge in [-0.3, -0.25) is 4.79 Å². The van der Waals surface area contributed by atoms with Gasteiger partial charge in [0.1, 0.15) is 6.10 Å². The number of amides is 1. The second-order valence-corrected chi connectivity index (χ2v) is 12.5. The van der Waals surface area contributed by atoms with Crippen LogP contribution in [-0.2, 0) is 4.79 Å². The SMILES string of the molecule is CCCCCCCCCCCCCCCC(O)C(O)CO.CCCCCCCCCCCCCCCCCC(N)=O. The monoisotopic (exact) mass is 586 g/mol. The molecule has 0 spiro atoms. The van der Waals surface area contributed by atoms with Gasteiger partial charge in [-0.15, -0.1) is 0 Å². The Morgan fingerprint density at radius 3 is 1.00 bits per heavy atom. The number of unbranched alkanes of at least 4 members (excludes halogenated alkanes) is 26. The van der Waals surface area contributed by atoms with Crippen molar-refractivity contribution in [2.75, 3.05) is 6.61 Å². The average molecular weight is 586 g/mol. The number of aliphatic hydroxyl groups excluding tert-OH is 3. The number of carbonyl (C=O) groups is 1. The van der Waals surface area contributed by atoms with E-state index in [9.17, 15) is 15.0 Å². The van der Waals surface area contributed by atoms with E-state index in [2.05, 4.69) is 13.8 Å². The van der Waals surface area contributed by atoms with E-state index in [0.717, 1.165) is 19.3 Å². The largest absolute Gasteiger partial charge is 0.394 e. The molecule has 0 rings (SSSR count). The molecule has 0 aromatic carbocycles. The van der Waals surface area contributed by atoms with Crippen molar-refractivity contribution in [2.45, 2.75) is 219 Å². The third-order valence-corrected chi connectivity index (χ3v) is 8.26. The Morgan fingerprint density at radius 2 is 0.732 bits per heavy atom. The molecule has 0 aliphatic heterocycles. The summed E-state index contributed by atoms with van der Waals surface area (Å²) in [4.78, 5) is 10.6. The minimum Gasteiger partial charge on any atom is -0.394 e. The minimum atomic E-state index is -0.970. The second-order valence-electron chi connectivity index (χ2n) is 12.5. The van der Waals surface area contributed by atoms with Crippen LogP contribution in [0.15, 0.2) is 0 Å². The van der Waals surface area contributed by atoms with E-state index >= 15 is 0 Å². The molecule has 0 aliphatic rings. The molecule has 0 aromatic heterocycles. The van der Waals surface area contributed by atoms with Crippen molar-refractivity contribution < 1.29 is 20.1 Å². The molecule has 0 aromatic rings. The Kier molecular flexibility index (Phi) is 38.7. The van der Waals surface area contributed by atoms with Gasteiger partial charge < -0.3 is 21.1 Å². The highest BCUT2D eigenvalue weighted by molar-refractivity contribution is 5.73. The van der Waals surface area contributed by atoms with Crippen LogP contribution in [-0.4, -0.2) is 40.0 Å². The molecule has 248 valence electrons. The first-order valence-electron chi connectivity index (χ1n) is 18.2. The number of nitrogens with two attached hydrogens (primary N) is 1. The van der Waals surface area contributed by atoms with E-state index in [1.54, 1.807) is 0 Å². The Balaban J connectivity index is 0. The Labute approximate surface area is 256 Å². The number of primary amides is 1. The lowest BCUT2D eigenvalue weighted by atomic mass is 10.0. The van der Waals surface area contributed by atoms with Crippen molar-refractivity contribution in [2.24, 2.45) is 5.73 Å². The summed E-state index contributed by atoms with van der Waals surface area (Å²) < 4.78 is 0. The fourth-order valence-corrected chi connectivity index (χ4v) is 5.36. The molecule has 0 radical (unpaired) electrons. The fraction of sp³-hybridized carbons (Fsp3) is 0.972. The van der Waals surface area contributed by atoms with Crippen LogP contribution in [0.4, 0.5) is 0 Å². The third-order valence-electron chi connectivity index (χ3n) is 8.26. The highest BCUT2D eigenvalue weighted by atomic mass is 16.4. The summed E-state index contributed by atoms with van der Waals surface area (Å²) in [5.74, 6) is -0.153. The van der Waals surface area contributed by atoms with Crippen LogP contribution in [0.25, 0.3) is 0 Å². The number of carbonyl (C=O) groups excluding carboxylic acids is 1. The molecule has 5 heteroatoms. The molecule has 0 fully saturated rings. The summed E-state index contributed by atoms with van der Waals surface area (Å²) in [5.41, 5.74) is 5.11. The summed E-state index contributed by atoms with van der Waals surface area (Å²) in [6.07, 6.45) is 36.7. The van der Waals surface area contributed by atoms with E-state index in [1.807, 2.05) is 0 Å². The van der Waals surface area contributed by atoms with Crippen molar-refractivity contribution in [1.82, 2.24) is 0 Å². The number of rotatable bonds is 32. The number of hydrogen-bond donors (Lipinski definition) is 4. The van der Waals surface area contributed by atoms with Crippen molar-refractivity contribution in [1.29, 1.82) is 0 Å². The maximum absolute atomic E-state index is 10.6. The van der Waals surface area contributed by atoms with E-state index in [-0.39, 0.29) is 12.5 Å². The van der Waals surface area contributed by atoms with Crippen LogP contribution >= 0.6 is 0 Å². The first-order valence-corrected chi connectivity index (χ1v) is 18.2.